The molecule has 0 saturated carbocycles. The van der Waals surface area contributed by atoms with Crippen molar-refractivity contribution in [1.29, 1.82) is 0 Å². The van der Waals surface area contributed by atoms with E-state index in [0.29, 0.717) is 17.4 Å². The van der Waals surface area contributed by atoms with Crippen molar-refractivity contribution in [3.05, 3.63) is 97.2 Å². The quantitative estimate of drug-likeness (QED) is 0.0205. The molecule has 0 aromatic carbocycles. The maximum Gasteiger partial charge on any atom is 0.472 e. The monoisotopic (exact) mass is 1170 g/mol. The van der Waals surface area contributed by atoms with Crippen molar-refractivity contribution >= 4 is 19.7 Å². The standard InChI is InChI=1S/C72H129N2O7P/c1-7-10-13-16-19-22-25-28-30-32-33-34-35-36-37-38-39-40-41-42-44-47-50-53-56-59-62-65-72(76)81-70(63-60-57-54-51-48-45-27-24-21-18-15-12-9-3)69(68-80-82(77,78)79-67-66-74(4,5)6)73-71(75)64-61-58-55-52-49-46-43-31-29-26-23-20-17-14-11-8-2/h11,14,19-20,22-23,28-31,33-34,36-37,60,63,69-70H,7-10,12-13,15-18,21,24-27,32,35,38-59,61-62,64-68H2,1-6H3,(H-,73,75,77,78)/p+1/b14-11+,22-19-,23-20+,30-28-,31-29+,34-33-,37-36-,63-60-. The fourth-order valence-corrected chi connectivity index (χ4v) is 10.3. The van der Waals surface area contributed by atoms with Crippen LogP contribution in [0.25, 0.3) is 0 Å². The van der Waals surface area contributed by atoms with Gasteiger partial charge in [0, 0.05) is 12.8 Å². The molecule has 3 atom stereocenters. The number of phosphoric ester groups is 1. The molecule has 82 heavy (non-hydrogen) atoms. The first kappa shape index (κ1) is 78.9. The van der Waals surface area contributed by atoms with Crippen LogP contribution >= 0.6 is 7.82 Å². The van der Waals surface area contributed by atoms with Crippen molar-refractivity contribution in [2.24, 2.45) is 0 Å². The Kier molecular flexibility index (Phi) is 58.7. The maximum absolute atomic E-state index is 13.6. The number of likely N-dealkylation sites (N-methyl/N-ethyl adjacent to an activating group) is 1. The molecule has 474 valence electrons. The Hall–Kier alpha value is -3.07. The highest BCUT2D eigenvalue weighted by atomic mass is 31.2. The minimum Gasteiger partial charge on any atom is -0.456 e. The second-order valence-electron chi connectivity index (χ2n) is 24.0. The molecule has 9 nitrogen and oxygen atoms in total. The van der Waals surface area contributed by atoms with Crippen molar-refractivity contribution in [3.63, 3.8) is 0 Å². The number of ether oxygens (including phenoxy) is 1. The first-order chi connectivity index (χ1) is 39.9. The Bertz CT molecular complexity index is 1720. The number of hydrogen-bond donors (Lipinski definition) is 2. The topological polar surface area (TPSA) is 111 Å². The molecular weight excluding hydrogens is 1040 g/mol. The van der Waals surface area contributed by atoms with E-state index in [4.69, 9.17) is 13.8 Å². The number of carbonyl (C=O) groups excluding carboxylic acids is 2. The average molecular weight is 1170 g/mol. The van der Waals surface area contributed by atoms with Gasteiger partial charge in [-0.05, 0) is 109 Å². The third-order valence-electron chi connectivity index (χ3n) is 14.8. The molecule has 0 spiro atoms. The first-order valence-corrected chi connectivity index (χ1v) is 35.6. The number of quaternary nitrogens is 1. The summed E-state index contributed by atoms with van der Waals surface area (Å²) in [4.78, 5) is 37.8. The SMILES string of the molecule is CC/C=C/C/C=C/C/C=C/CCCCCCCCC(=O)NC(COP(=O)(O)OCC[N+](C)(C)C)C(/C=C\CCCCCCCCCCCCC)OC(=O)CCCCCCCCCCCCC/C=C\C/C=C\C/C=C\C/C=C\CCCCC. The molecule has 1 amide bonds. The van der Waals surface area contributed by atoms with Gasteiger partial charge in [0.25, 0.3) is 0 Å². The number of nitrogens with zero attached hydrogens (tertiary/aromatic N) is 1. The van der Waals surface area contributed by atoms with Crippen LogP contribution in [0.2, 0.25) is 0 Å². The third kappa shape index (κ3) is 61.5. The van der Waals surface area contributed by atoms with Crippen molar-refractivity contribution in [2.45, 2.75) is 309 Å². The van der Waals surface area contributed by atoms with Crippen LogP contribution < -0.4 is 5.32 Å². The number of nitrogens with one attached hydrogen (secondary N) is 1. The first-order valence-electron chi connectivity index (χ1n) is 34.1. The van der Waals surface area contributed by atoms with Gasteiger partial charge in [-0.15, -0.1) is 0 Å². The molecule has 0 saturated heterocycles. The largest absolute Gasteiger partial charge is 0.472 e. The van der Waals surface area contributed by atoms with Crippen molar-refractivity contribution in [3.8, 4) is 0 Å². The summed E-state index contributed by atoms with van der Waals surface area (Å²) in [6, 6.07) is -0.862. The Balaban J connectivity index is 5.12. The fraction of sp³-hybridized carbons (Fsp3) is 0.750. The lowest BCUT2D eigenvalue weighted by Gasteiger charge is -2.27. The van der Waals surface area contributed by atoms with Gasteiger partial charge >= 0.3 is 13.8 Å². The lowest BCUT2D eigenvalue weighted by molar-refractivity contribution is -0.870. The van der Waals surface area contributed by atoms with Crippen LogP contribution in [0.5, 0.6) is 0 Å². The number of unbranched alkanes of at least 4 members (excludes halogenated alkanes) is 31. The second-order valence-corrected chi connectivity index (χ2v) is 25.4. The number of rotatable bonds is 61. The van der Waals surface area contributed by atoms with Crippen LogP contribution in [-0.4, -0.2) is 74.3 Å². The summed E-state index contributed by atoms with van der Waals surface area (Å²) in [5.74, 6) is -0.522. The zero-order valence-electron chi connectivity index (χ0n) is 54.2. The highest BCUT2D eigenvalue weighted by Crippen LogP contribution is 2.43. The van der Waals surface area contributed by atoms with Gasteiger partial charge in [-0.2, -0.15) is 0 Å². The lowest BCUT2D eigenvalue weighted by Crippen LogP contribution is -2.47. The summed E-state index contributed by atoms with van der Waals surface area (Å²) in [7, 11) is 1.48. The van der Waals surface area contributed by atoms with Crippen LogP contribution in [0.4, 0.5) is 0 Å². The van der Waals surface area contributed by atoms with E-state index in [1.54, 1.807) is 0 Å². The third-order valence-corrected chi connectivity index (χ3v) is 15.7. The molecule has 0 bridgehead atoms. The highest BCUT2D eigenvalue weighted by Gasteiger charge is 2.30. The summed E-state index contributed by atoms with van der Waals surface area (Å²) in [6.45, 7) is 6.87. The van der Waals surface area contributed by atoms with Gasteiger partial charge in [0.05, 0.1) is 33.8 Å². The van der Waals surface area contributed by atoms with E-state index in [1.807, 2.05) is 33.3 Å². The Morgan fingerprint density at radius 1 is 0.439 bits per heavy atom. The van der Waals surface area contributed by atoms with E-state index in [-0.39, 0.29) is 31.5 Å². The molecule has 0 radical (unpaired) electrons. The Morgan fingerprint density at radius 3 is 1.20 bits per heavy atom. The number of esters is 1. The number of amides is 1. The second kappa shape index (κ2) is 61.0. The van der Waals surface area contributed by atoms with Crippen LogP contribution in [0.15, 0.2) is 97.2 Å². The van der Waals surface area contributed by atoms with E-state index in [9.17, 15) is 19.0 Å². The average Bonchev–Trinajstić information content (AvgIpc) is 3.45. The molecule has 0 aliphatic rings. The lowest BCUT2D eigenvalue weighted by atomic mass is 10.0. The normalized spacial score (nSPS) is 14.2. The van der Waals surface area contributed by atoms with Gasteiger partial charge in [-0.1, -0.05) is 272 Å². The highest BCUT2D eigenvalue weighted by molar-refractivity contribution is 7.47. The van der Waals surface area contributed by atoms with E-state index in [2.05, 4.69) is 111 Å². The molecule has 0 fully saturated rings. The summed E-state index contributed by atoms with van der Waals surface area (Å²) in [5.41, 5.74) is 0. The molecule has 10 heteroatoms. The van der Waals surface area contributed by atoms with Gasteiger partial charge < -0.3 is 19.4 Å². The summed E-state index contributed by atoms with van der Waals surface area (Å²) in [6.07, 6.45) is 82.7. The number of phosphoric acid groups is 1. The summed E-state index contributed by atoms with van der Waals surface area (Å²) in [5, 5.41) is 3.06. The van der Waals surface area contributed by atoms with E-state index in [0.717, 1.165) is 116 Å². The summed E-state index contributed by atoms with van der Waals surface area (Å²) >= 11 is 0. The van der Waals surface area contributed by atoms with E-state index in [1.165, 1.54) is 148 Å². The Morgan fingerprint density at radius 2 is 0.780 bits per heavy atom. The van der Waals surface area contributed by atoms with Gasteiger partial charge in [0.15, 0.2) is 0 Å². The van der Waals surface area contributed by atoms with Crippen LogP contribution in [-0.2, 0) is 27.9 Å². The molecule has 3 unspecified atom stereocenters. The predicted molar refractivity (Wildman–Crippen MR) is 355 cm³/mol. The minimum atomic E-state index is -4.46. The molecule has 0 rings (SSSR count). The molecule has 0 aromatic heterocycles. The van der Waals surface area contributed by atoms with Crippen LogP contribution in [0, 0.1) is 0 Å². The van der Waals surface area contributed by atoms with Gasteiger partial charge in [-0.25, -0.2) is 4.57 Å². The van der Waals surface area contributed by atoms with E-state index < -0.39 is 20.0 Å². The smallest absolute Gasteiger partial charge is 0.456 e. The molecule has 0 aromatic rings. The molecule has 0 aliphatic carbocycles. The van der Waals surface area contributed by atoms with Crippen molar-refractivity contribution < 1.29 is 37.3 Å². The van der Waals surface area contributed by atoms with Crippen molar-refractivity contribution in [1.82, 2.24) is 5.32 Å². The number of allylic oxidation sites excluding steroid dienone is 15. The Labute approximate surface area is 507 Å². The molecule has 0 heterocycles. The number of hydrogen-bond acceptors (Lipinski definition) is 6. The van der Waals surface area contributed by atoms with Crippen LogP contribution in [0.1, 0.15) is 297 Å². The molecule has 0 aliphatic heterocycles. The predicted octanol–water partition coefficient (Wildman–Crippen LogP) is 21.5. The molecular formula is C72H130N2O7P+. The van der Waals surface area contributed by atoms with Gasteiger partial charge in [-0.3, -0.25) is 18.6 Å². The van der Waals surface area contributed by atoms with Gasteiger partial charge in [0.1, 0.15) is 19.3 Å². The number of carbonyl (C=O) groups is 2. The van der Waals surface area contributed by atoms with Crippen molar-refractivity contribution in [2.75, 3.05) is 40.9 Å². The van der Waals surface area contributed by atoms with Crippen LogP contribution in [0.3, 0.4) is 0 Å². The maximum atomic E-state index is 13.6. The zero-order chi connectivity index (χ0) is 60.0. The fourth-order valence-electron chi connectivity index (χ4n) is 9.53. The van der Waals surface area contributed by atoms with E-state index >= 15 is 0 Å². The zero-order valence-corrected chi connectivity index (χ0v) is 55.1. The van der Waals surface area contributed by atoms with Gasteiger partial charge in [0.2, 0.25) is 5.91 Å². The summed E-state index contributed by atoms with van der Waals surface area (Å²) < 4.78 is 30.8. The molecule has 2 N–H and O–H groups in total. The minimum absolute atomic E-state index is 0.0333.